The third kappa shape index (κ3) is 12.2. The standard InChI is InChI=1S/C65H100O27/c1-14-27(3)54(80)87-46-29(5)82-58(45(77)48(46)88-55(81)28(4)15-2)92-51-52(83-30(6)69)65(26-68)32(22-60(51,7)8)31-16-17-36-62(11)20-19-38(61(9,10)35(62)18-21-63(36,12)64(31,13)23-37(65)70)86-59-50(91-57-43(75)41(73)39(71)33(24-66)84-57)47(44(76)49(90-59)53(78)79)89-56-42(74)40(72)34(25-67)85-56/h14-16,29,32-52,56-59,66-68,70-77H,17-26H2,1-13H3,(H,78,79)/b27-14-,28-15-/t29?,32?,33?,34-,35?,36?,37-,38+,39+,40?,41+,42+,43?,44-,45?,46+,47+,48-,49?,50?,51+,52+,56+,57+,58+,59-,62+,63-,64-,65+/m1/s1. The Hall–Kier alpha value is -3.66. The van der Waals surface area contributed by atoms with E-state index in [-0.39, 0.29) is 35.8 Å². The number of ether oxygens (including phenoxy) is 11. The zero-order chi connectivity index (χ0) is 68.0. The number of hydrogen-bond acceptors (Lipinski definition) is 26. The van der Waals surface area contributed by atoms with Gasteiger partial charge in [-0.3, -0.25) is 4.79 Å². The van der Waals surface area contributed by atoms with Crippen molar-refractivity contribution in [3.63, 3.8) is 0 Å². The quantitative estimate of drug-likeness (QED) is 0.0314. The van der Waals surface area contributed by atoms with Crippen LogP contribution in [0, 0.1) is 50.2 Å². The first-order valence-electron chi connectivity index (χ1n) is 32.3. The van der Waals surface area contributed by atoms with Crippen molar-refractivity contribution in [1.29, 1.82) is 0 Å². The molecule has 522 valence electrons. The van der Waals surface area contributed by atoms with Crippen LogP contribution in [0.4, 0.5) is 0 Å². The smallest absolute Gasteiger partial charge is 0.335 e. The largest absolute Gasteiger partial charge is 0.479 e. The van der Waals surface area contributed by atoms with Gasteiger partial charge in [-0.2, -0.15) is 0 Å². The lowest BCUT2D eigenvalue weighted by Gasteiger charge is -2.72. The first kappa shape index (κ1) is 72.6. The maximum Gasteiger partial charge on any atom is 0.335 e. The fourth-order valence-corrected chi connectivity index (χ4v) is 17.9. The van der Waals surface area contributed by atoms with Crippen LogP contribution in [0.25, 0.3) is 0 Å². The number of carboxylic acids is 1. The Bertz CT molecular complexity index is 2790. The first-order valence-corrected chi connectivity index (χ1v) is 32.3. The summed E-state index contributed by atoms with van der Waals surface area (Å²) in [6.07, 6.45) is -28.8. The number of carbonyl (C=O) groups is 4. The van der Waals surface area contributed by atoms with Crippen LogP contribution in [0.5, 0.6) is 0 Å². The predicted octanol–water partition coefficient (Wildman–Crippen LogP) is 0.715. The predicted molar refractivity (Wildman–Crippen MR) is 316 cm³/mol. The minimum Gasteiger partial charge on any atom is -0.479 e. The number of hydrogen-bond donors (Lipinski definition) is 12. The van der Waals surface area contributed by atoms with Gasteiger partial charge in [0.15, 0.2) is 43.5 Å². The Balaban J connectivity index is 1.01. The maximum absolute atomic E-state index is 13.5. The lowest BCUT2D eigenvalue weighted by Crippen LogP contribution is -2.73. The van der Waals surface area contributed by atoms with Crippen molar-refractivity contribution in [3.8, 4) is 0 Å². The Morgan fingerprint density at radius 3 is 1.70 bits per heavy atom. The van der Waals surface area contributed by atoms with Crippen LogP contribution < -0.4 is 0 Å². The number of carbonyl (C=O) groups excluding carboxylic acids is 3. The van der Waals surface area contributed by atoms with Gasteiger partial charge >= 0.3 is 23.9 Å². The van der Waals surface area contributed by atoms with Crippen LogP contribution in [0.3, 0.4) is 0 Å². The average molecular weight is 1310 g/mol. The summed E-state index contributed by atoms with van der Waals surface area (Å²) in [6.45, 7) is 21.5. The Morgan fingerprint density at radius 1 is 0.587 bits per heavy atom. The zero-order valence-corrected chi connectivity index (χ0v) is 54.8. The van der Waals surface area contributed by atoms with Crippen molar-refractivity contribution in [1.82, 2.24) is 0 Å². The van der Waals surface area contributed by atoms with E-state index in [1.807, 2.05) is 27.7 Å². The average Bonchev–Trinajstić information content (AvgIpc) is 0.736. The van der Waals surface area contributed by atoms with Crippen LogP contribution in [-0.2, 0) is 71.3 Å². The molecule has 4 heterocycles. The van der Waals surface area contributed by atoms with Gasteiger partial charge in [-0.05, 0) is 124 Å². The third-order valence-electron chi connectivity index (χ3n) is 23.6. The normalized spacial score (nSPS) is 48.4. The van der Waals surface area contributed by atoms with Crippen LogP contribution in [0.2, 0.25) is 0 Å². The number of allylic oxidation sites excluding steroid dienone is 4. The van der Waals surface area contributed by atoms with Gasteiger partial charge in [0.05, 0.1) is 43.5 Å². The Kier molecular flexibility index (Phi) is 21.3. The second-order valence-electron chi connectivity index (χ2n) is 29.3. The molecule has 0 aromatic carbocycles. The van der Waals surface area contributed by atoms with Crippen LogP contribution in [0.1, 0.15) is 135 Å². The zero-order valence-electron chi connectivity index (χ0n) is 54.8. The molecule has 0 radical (unpaired) electrons. The molecule has 27 heteroatoms. The number of esters is 3. The summed E-state index contributed by atoms with van der Waals surface area (Å²) in [5, 5.41) is 134. The van der Waals surface area contributed by atoms with E-state index in [0.29, 0.717) is 32.1 Å². The van der Waals surface area contributed by atoms with Gasteiger partial charge < -0.3 is 113 Å². The topological polar surface area (TPSA) is 413 Å². The molecule has 5 aliphatic carbocycles. The summed E-state index contributed by atoms with van der Waals surface area (Å²) in [5.41, 5.74) is -3.55. The highest BCUT2D eigenvalue weighted by Gasteiger charge is 2.74. The van der Waals surface area contributed by atoms with Crippen molar-refractivity contribution in [2.45, 2.75) is 276 Å². The molecule has 0 amide bonds. The molecular weight excluding hydrogens is 1210 g/mol. The Morgan fingerprint density at radius 2 is 1.14 bits per heavy atom. The van der Waals surface area contributed by atoms with E-state index < -0.39 is 223 Å². The van der Waals surface area contributed by atoms with E-state index in [4.69, 9.17) is 52.1 Å². The van der Waals surface area contributed by atoms with Gasteiger partial charge in [-0.1, -0.05) is 72.3 Å². The van der Waals surface area contributed by atoms with Gasteiger partial charge in [0.2, 0.25) is 0 Å². The number of aliphatic hydroxyl groups is 11. The van der Waals surface area contributed by atoms with E-state index >= 15 is 0 Å². The van der Waals surface area contributed by atoms with E-state index in [0.717, 1.165) is 5.57 Å². The molecule has 8 fully saturated rings. The first-order chi connectivity index (χ1) is 43.0. The molecule has 9 rings (SSSR count). The molecule has 4 saturated heterocycles. The fourth-order valence-electron chi connectivity index (χ4n) is 17.9. The van der Waals surface area contributed by atoms with Gasteiger partial charge in [0, 0.05) is 18.1 Å². The highest BCUT2D eigenvalue weighted by molar-refractivity contribution is 5.88. The monoisotopic (exact) mass is 1310 g/mol. The molecule has 0 aromatic rings. The third-order valence-corrected chi connectivity index (χ3v) is 23.6. The van der Waals surface area contributed by atoms with Crippen molar-refractivity contribution >= 4 is 23.9 Å². The van der Waals surface area contributed by atoms with Crippen LogP contribution >= 0.6 is 0 Å². The van der Waals surface area contributed by atoms with Gasteiger partial charge in [-0.25, -0.2) is 14.4 Å². The molecule has 92 heavy (non-hydrogen) atoms. The van der Waals surface area contributed by atoms with Gasteiger partial charge in [-0.15, -0.1) is 0 Å². The van der Waals surface area contributed by atoms with Crippen molar-refractivity contribution in [3.05, 3.63) is 34.9 Å². The SMILES string of the molecule is C/C=C(/C)C(=O)O[C@@H]1C(O)[C@H](O[C@H]2[C@H](OC(C)=O)[C@@]3(CO)C(CC2(C)C)C2=CCC4[C@@]5(C)CC[C@H](O[C@@H]6OC(C(=O)O)[C@H](O)[C@H](O[C@@H]7O[C@H](CO)C(O)[C@@H]7O)C6O[C@@H]6OC(CO)[C@H](O)[C@H](O)C6O)C(C)(C)C5CC[C@@]4(C)[C@]2(C)C[C@H]3O)OC(C)[C@@H]1OC(=O)/C(C)=C\C. The lowest BCUT2D eigenvalue weighted by molar-refractivity contribution is -0.386. The highest BCUT2D eigenvalue weighted by Crippen LogP contribution is 2.76. The number of fused-ring (bicyclic) bond motifs is 7. The summed E-state index contributed by atoms with van der Waals surface area (Å²) >= 11 is 0. The summed E-state index contributed by atoms with van der Waals surface area (Å²) in [5.74, 6) is -4.65. The molecule has 4 aliphatic heterocycles. The fraction of sp³-hybridized carbons (Fsp3) is 0.846. The Labute approximate surface area is 535 Å². The highest BCUT2D eigenvalue weighted by atomic mass is 16.8. The number of carboxylic acid groups (broad SMARTS) is 1. The number of aliphatic carboxylic acids is 1. The second kappa shape index (κ2) is 27.0. The van der Waals surface area contributed by atoms with E-state index in [9.17, 15) is 80.5 Å². The summed E-state index contributed by atoms with van der Waals surface area (Å²) in [4.78, 5) is 53.0. The molecule has 0 aromatic heterocycles. The minimum atomic E-state index is -2.13. The molecule has 10 unspecified atom stereocenters. The molecule has 12 N–H and O–H groups in total. The molecule has 4 saturated carbocycles. The summed E-state index contributed by atoms with van der Waals surface area (Å²) < 4.78 is 67.8. The molecule has 30 atom stereocenters. The minimum absolute atomic E-state index is 0.0439. The van der Waals surface area contributed by atoms with Crippen LogP contribution in [0.15, 0.2) is 34.9 Å². The molecule has 0 spiro atoms. The van der Waals surface area contributed by atoms with Crippen molar-refractivity contribution in [2.24, 2.45) is 50.2 Å². The van der Waals surface area contributed by atoms with Gasteiger partial charge in [0.1, 0.15) is 79.4 Å². The summed E-state index contributed by atoms with van der Waals surface area (Å²) in [7, 11) is 0. The van der Waals surface area contributed by atoms with Gasteiger partial charge in [0.25, 0.3) is 0 Å². The van der Waals surface area contributed by atoms with Crippen molar-refractivity contribution < 1.29 is 133 Å². The number of aliphatic hydroxyl groups excluding tert-OH is 11. The molecular formula is C65H100O27. The lowest BCUT2D eigenvalue weighted by atomic mass is 9.33. The molecule has 9 aliphatic rings. The summed E-state index contributed by atoms with van der Waals surface area (Å²) in [6, 6.07) is 0. The molecule has 0 bridgehead atoms. The van der Waals surface area contributed by atoms with Crippen molar-refractivity contribution in [2.75, 3.05) is 19.8 Å². The van der Waals surface area contributed by atoms with E-state index in [1.54, 1.807) is 33.8 Å². The maximum atomic E-state index is 13.5. The second-order valence-corrected chi connectivity index (χ2v) is 29.3. The van der Waals surface area contributed by atoms with E-state index in [1.165, 1.54) is 19.9 Å². The van der Waals surface area contributed by atoms with E-state index in [2.05, 4.69) is 26.8 Å². The van der Waals surface area contributed by atoms with Crippen LogP contribution in [-0.4, -0.2) is 246 Å². The molecule has 27 nitrogen and oxygen atoms in total. The number of rotatable bonds is 17.